The van der Waals surface area contributed by atoms with Gasteiger partial charge in [0, 0.05) is 25.7 Å². The molecule has 0 spiro atoms. The van der Waals surface area contributed by atoms with Crippen molar-refractivity contribution in [3.63, 3.8) is 0 Å². The predicted octanol–water partition coefficient (Wildman–Crippen LogP) is 1.28. The lowest BCUT2D eigenvalue weighted by Gasteiger charge is -2.37. The van der Waals surface area contributed by atoms with Gasteiger partial charge in [0.05, 0.1) is 18.1 Å². The molecule has 112 valence electrons. The molecule has 1 aliphatic heterocycles. The summed E-state index contributed by atoms with van der Waals surface area (Å²) in [6.07, 6.45) is 0. The maximum atomic E-state index is 11.9. The van der Waals surface area contributed by atoms with Crippen LogP contribution in [0.1, 0.15) is 24.2 Å². The van der Waals surface area contributed by atoms with Gasteiger partial charge in [0.2, 0.25) is 11.8 Å². The van der Waals surface area contributed by atoms with Crippen LogP contribution in [0.2, 0.25) is 0 Å². The fourth-order valence-corrected chi connectivity index (χ4v) is 2.05. The minimum Gasteiger partial charge on any atom is -0.462 e. The summed E-state index contributed by atoms with van der Waals surface area (Å²) in [5.41, 5.74) is 1.07. The number of nitrogens with zero attached hydrogens (tertiary/aromatic N) is 1. The van der Waals surface area contributed by atoms with E-state index in [2.05, 4.69) is 5.32 Å². The van der Waals surface area contributed by atoms with E-state index in [0.717, 1.165) is 0 Å². The van der Waals surface area contributed by atoms with E-state index in [9.17, 15) is 14.4 Å². The summed E-state index contributed by atoms with van der Waals surface area (Å²) >= 11 is 0. The molecule has 0 aromatic heterocycles. The van der Waals surface area contributed by atoms with Gasteiger partial charge in [-0.05, 0) is 31.2 Å². The van der Waals surface area contributed by atoms with Crippen LogP contribution >= 0.6 is 0 Å². The van der Waals surface area contributed by atoms with Crippen LogP contribution in [-0.2, 0) is 14.3 Å². The molecule has 21 heavy (non-hydrogen) atoms. The Morgan fingerprint density at radius 3 is 2.38 bits per heavy atom. The molecule has 1 aliphatic rings. The quantitative estimate of drug-likeness (QED) is 0.848. The summed E-state index contributed by atoms with van der Waals surface area (Å²) in [5, 5.41) is 2.77. The van der Waals surface area contributed by atoms with E-state index in [4.69, 9.17) is 4.74 Å². The molecule has 0 radical (unpaired) electrons. The summed E-state index contributed by atoms with van der Waals surface area (Å²) < 4.78 is 4.88. The number of likely N-dealkylation sites (tertiary alicyclic amines) is 1. The van der Waals surface area contributed by atoms with Gasteiger partial charge in [-0.1, -0.05) is 0 Å². The molecule has 2 rings (SSSR count). The largest absolute Gasteiger partial charge is 0.462 e. The molecule has 1 saturated heterocycles. The Bertz CT molecular complexity index is 547. The van der Waals surface area contributed by atoms with Gasteiger partial charge < -0.3 is 15.0 Å². The number of carbonyl (C=O) groups excluding carboxylic acids is 3. The molecule has 0 aliphatic carbocycles. The molecule has 1 aromatic rings. The Morgan fingerprint density at radius 1 is 1.24 bits per heavy atom. The number of carbonyl (C=O) groups is 3. The van der Waals surface area contributed by atoms with Gasteiger partial charge in [-0.15, -0.1) is 0 Å². The number of amides is 2. The van der Waals surface area contributed by atoms with Crippen molar-refractivity contribution in [2.24, 2.45) is 5.92 Å². The zero-order chi connectivity index (χ0) is 15.4. The average Bonchev–Trinajstić information content (AvgIpc) is 2.37. The van der Waals surface area contributed by atoms with Gasteiger partial charge in [0.1, 0.15) is 0 Å². The molecule has 6 heteroatoms. The Labute approximate surface area is 123 Å². The lowest BCUT2D eigenvalue weighted by atomic mass is 9.99. The maximum Gasteiger partial charge on any atom is 0.338 e. The van der Waals surface area contributed by atoms with Crippen LogP contribution in [0.15, 0.2) is 24.3 Å². The Kier molecular flexibility index (Phi) is 4.57. The highest BCUT2D eigenvalue weighted by Gasteiger charge is 2.33. The number of nitrogens with one attached hydrogen (secondary N) is 1. The van der Waals surface area contributed by atoms with Gasteiger partial charge >= 0.3 is 5.97 Å². The number of hydrogen-bond donors (Lipinski definition) is 1. The second-order valence-electron chi connectivity index (χ2n) is 4.91. The molecule has 0 saturated carbocycles. The Balaban J connectivity index is 1.88. The van der Waals surface area contributed by atoms with E-state index < -0.39 is 0 Å². The third-order valence-corrected chi connectivity index (χ3v) is 3.36. The molecule has 1 fully saturated rings. The van der Waals surface area contributed by atoms with E-state index in [1.807, 2.05) is 0 Å². The summed E-state index contributed by atoms with van der Waals surface area (Å²) in [6.45, 7) is 4.48. The standard InChI is InChI=1S/C15H18N2O4/c1-3-21-15(20)11-4-6-13(7-5-11)16-14(19)12-8-17(9-12)10(2)18/h4-7,12H,3,8-9H2,1-2H3,(H,16,19). The fraction of sp³-hybridized carbons (Fsp3) is 0.400. The lowest BCUT2D eigenvalue weighted by molar-refractivity contribution is -0.139. The second-order valence-corrected chi connectivity index (χ2v) is 4.91. The zero-order valence-corrected chi connectivity index (χ0v) is 12.1. The van der Waals surface area contributed by atoms with Gasteiger partial charge in [-0.2, -0.15) is 0 Å². The molecule has 1 heterocycles. The fourth-order valence-electron chi connectivity index (χ4n) is 2.05. The van der Waals surface area contributed by atoms with Crippen molar-refractivity contribution >= 4 is 23.5 Å². The highest BCUT2D eigenvalue weighted by atomic mass is 16.5. The van der Waals surface area contributed by atoms with Gasteiger partial charge in [0.25, 0.3) is 0 Å². The molecule has 2 amide bonds. The maximum absolute atomic E-state index is 11.9. The van der Waals surface area contributed by atoms with Crippen molar-refractivity contribution in [3.05, 3.63) is 29.8 Å². The highest BCUT2D eigenvalue weighted by Crippen LogP contribution is 2.18. The molecular formula is C15H18N2O4. The summed E-state index contributed by atoms with van der Waals surface area (Å²) in [5.74, 6) is -0.681. The lowest BCUT2D eigenvalue weighted by Crippen LogP contribution is -2.53. The third-order valence-electron chi connectivity index (χ3n) is 3.36. The number of ether oxygens (including phenoxy) is 1. The SMILES string of the molecule is CCOC(=O)c1ccc(NC(=O)C2CN(C(C)=O)C2)cc1. The number of rotatable bonds is 4. The normalized spacial score (nSPS) is 14.3. The van der Waals surface area contributed by atoms with Crippen LogP contribution in [0.3, 0.4) is 0 Å². The van der Waals surface area contributed by atoms with Crippen LogP contribution in [0.25, 0.3) is 0 Å². The van der Waals surface area contributed by atoms with Crippen molar-refractivity contribution < 1.29 is 19.1 Å². The first kappa shape index (κ1) is 15.0. The molecule has 6 nitrogen and oxygen atoms in total. The van der Waals surface area contributed by atoms with Crippen LogP contribution in [0, 0.1) is 5.92 Å². The second kappa shape index (κ2) is 6.39. The van der Waals surface area contributed by atoms with Crippen LogP contribution in [0.5, 0.6) is 0 Å². The average molecular weight is 290 g/mol. The highest BCUT2D eigenvalue weighted by molar-refractivity contribution is 5.95. The Morgan fingerprint density at radius 2 is 1.86 bits per heavy atom. The van der Waals surface area contributed by atoms with E-state index in [1.54, 1.807) is 36.1 Å². The Hall–Kier alpha value is -2.37. The minimum atomic E-state index is -0.383. The first-order valence-electron chi connectivity index (χ1n) is 6.84. The van der Waals surface area contributed by atoms with E-state index in [0.29, 0.717) is 30.9 Å². The van der Waals surface area contributed by atoms with Gasteiger partial charge in [-0.3, -0.25) is 9.59 Å². The van der Waals surface area contributed by atoms with Crippen molar-refractivity contribution in [2.75, 3.05) is 25.0 Å². The van der Waals surface area contributed by atoms with E-state index >= 15 is 0 Å². The van der Waals surface area contributed by atoms with Crippen LogP contribution in [-0.4, -0.2) is 42.4 Å². The first-order chi connectivity index (χ1) is 10.0. The topological polar surface area (TPSA) is 75.7 Å². The van der Waals surface area contributed by atoms with Crippen molar-refractivity contribution in [1.82, 2.24) is 4.90 Å². The van der Waals surface area contributed by atoms with Crippen molar-refractivity contribution in [1.29, 1.82) is 0 Å². The van der Waals surface area contributed by atoms with Crippen molar-refractivity contribution in [3.8, 4) is 0 Å². The van der Waals surface area contributed by atoms with Gasteiger partial charge in [-0.25, -0.2) is 4.79 Å². The zero-order valence-electron chi connectivity index (χ0n) is 12.1. The minimum absolute atomic E-state index is 0.0159. The summed E-state index contributed by atoms with van der Waals surface area (Å²) in [6, 6.07) is 6.53. The predicted molar refractivity (Wildman–Crippen MR) is 76.8 cm³/mol. The van der Waals surface area contributed by atoms with E-state index in [1.165, 1.54) is 6.92 Å². The van der Waals surface area contributed by atoms with Crippen LogP contribution < -0.4 is 5.32 Å². The molecule has 1 N–H and O–H groups in total. The monoisotopic (exact) mass is 290 g/mol. The number of anilines is 1. The van der Waals surface area contributed by atoms with Crippen LogP contribution in [0.4, 0.5) is 5.69 Å². The first-order valence-corrected chi connectivity index (χ1v) is 6.84. The number of benzene rings is 1. The molecular weight excluding hydrogens is 272 g/mol. The number of hydrogen-bond acceptors (Lipinski definition) is 4. The van der Waals surface area contributed by atoms with E-state index in [-0.39, 0.29) is 23.7 Å². The molecule has 0 bridgehead atoms. The molecule has 0 unspecified atom stereocenters. The van der Waals surface area contributed by atoms with Gasteiger partial charge in [0.15, 0.2) is 0 Å². The third kappa shape index (κ3) is 3.59. The molecule has 0 atom stereocenters. The van der Waals surface area contributed by atoms with Crippen molar-refractivity contribution in [2.45, 2.75) is 13.8 Å². The summed E-state index contributed by atoms with van der Waals surface area (Å²) in [7, 11) is 0. The number of esters is 1. The smallest absolute Gasteiger partial charge is 0.338 e. The molecule has 1 aromatic carbocycles. The summed E-state index contributed by atoms with van der Waals surface area (Å²) in [4.78, 5) is 36.1.